The molecular weight excluding hydrogens is 270 g/mol. The number of carbonyl (C=O) groups is 1. The maximum Gasteiger partial charge on any atom is 0.171 e. The van der Waals surface area contributed by atoms with E-state index in [1.165, 1.54) is 11.3 Å². The van der Waals surface area contributed by atoms with Crippen LogP contribution in [0.4, 0.5) is 0 Å². The van der Waals surface area contributed by atoms with Gasteiger partial charge in [0.25, 0.3) is 0 Å². The summed E-state index contributed by atoms with van der Waals surface area (Å²) in [5.74, 6) is 1.16. The molecule has 1 aromatic heterocycles. The zero-order valence-electron chi connectivity index (χ0n) is 12.3. The van der Waals surface area contributed by atoms with Gasteiger partial charge in [-0.25, -0.2) is 4.98 Å². The van der Waals surface area contributed by atoms with Crippen molar-refractivity contribution in [1.29, 1.82) is 0 Å². The largest absolute Gasteiger partial charge is 0.494 e. The standard InChI is InChI=1S/C16H19NO2S/c1-5-19-13-8-6-7-12(9-13)16-17-14(10(2)3)15(20-16)11(4)18/h6-10H,5H2,1-4H3. The summed E-state index contributed by atoms with van der Waals surface area (Å²) in [6.07, 6.45) is 0. The van der Waals surface area contributed by atoms with E-state index < -0.39 is 0 Å². The third kappa shape index (κ3) is 3.07. The molecule has 106 valence electrons. The number of hydrogen-bond acceptors (Lipinski definition) is 4. The number of carbonyl (C=O) groups excluding carboxylic acids is 1. The van der Waals surface area contributed by atoms with Crippen LogP contribution in [0.5, 0.6) is 5.75 Å². The Bertz CT molecular complexity index is 617. The molecule has 0 radical (unpaired) electrons. The maximum atomic E-state index is 11.7. The van der Waals surface area contributed by atoms with Gasteiger partial charge in [-0.3, -0.25) is 4.79 Å². The first-order valence-electron chi connectivity index (χ1n) is 6.77. The Kier molecular flexibility index (Phi) is 4.55. The molecule has 0 saturated carbocycles. The second-order valence-electron chi connectivity index (χ2n) is 4.91. The van der Waals surface area contributed by atoms with E-state index in [-0.39, 0.29) is 11.7 Å². The van der Waals surface area contributed by atoms with Crippen LogP contribution in [-0.2, 0) is 0 Å². The van der Waals surface area contributed by atoms with Crippen molar-refractivity contribution in [2.45, 2.75) is 33.6 Å². The topological polar surface area (TPSA) is 39.2 Å². The minimum Gasteiger partial charge on any atom is -0.494 e. The molecule has 20 heavy (non-hydrogen) atoms. The Morgan fingerprint density at radius 3 is 2.70 bits per heavy atom. The molecule has 0 spiro atoms. The van der Waals surface area contributed by atoms with E-state index in [0.29, 0.717) is 6.61 Å². The molecule has 2 aromatic rings. The summed E-state index contributed by atoms with van der Waals surface area (Å²) in [5, 5.41) is 0.875. The van der Waals surface area contributed by atoms with Gasteiger partial charge in [0, 0.05) is 12.5 Å². The van der Waals surface area contributed by atoms with Crippen LogP contribution in [0.3, 0.4) is 0 Å². The van der Waals surface area contributed by atoms with Crippen molar-refractivity contribution in [2.24, 2.45) is 0 Å². The van der Waals surface area contributed by atoms with Gasteiger partial charge in [-0.1, -0.05) is 26.0 Å². The Hall–Kier alpha value is -1.68. The lowest BCUT2D eigenvalue weighted by Gasteiger charge is -2.04. The lowest BCUT2D eigenvalue weighted by atomic mass is 10.1. The van der Waals surface area contributed by atoms with E-state index in [9.17, 15) is 4.79 Å². The van der Waals surface area contributed by atoms with Crippen LogP contribution >= 0.6 is 11.3 Å². The highest BCUT2D eigenvalue weighted by Crippen LogP contribution is 2.33. The molecule has 0 aliphatic carbocycles. The first-order chi connectivity index (χ1) is 9.52. The Balaban J connectivity index is 2.45. The summed E-state index contributed by atoms with van der Waals surface area (Å²) in [6, 6.07) is 7.84. The van der Waals surface area contributed by atoms with Gasteiger partial charge < -0.3 is 4.74 Å². The first-order valence-corrected chi connectivity index (χ1v) is 7.59. The molecule has 3 nitrogen and oxygen atoms in total. The van der Waals surface area contributed by atoms with Gasteiger partial charge in [0.1, 0.15) is 10.8 Å². The summed E-state index contributed by atoms with van der Waals surface area (Å²) in [6.45, 7) is 8.31. The van der Waals surface area contributed by atoms with E-state index in [0.717, 1.165) is 26.9 Å². The molecule has 0 N–H and O–H groups in total. The van der Waals surface area contributed by atoms with Crippen molar-refractivity contribution in [3.63, 3.8) is 0 Å². The molecular formula is C16H19NO2S. The number of Topliss-reactive ketones (excluding diaryl/α,β-unsaturated/α-hetero) is 1. The fourth-order valence-electron chi connectivity index (χ4n) is 1.98. The smallest absolute Gasteiger partial charge is 0.171 e. The highest BCUT2D eigenvalue weighted by molar-refractivity contribution is 7.17. The zero-order chi connectivity index (χ0) is 14.7. The van der Waals surface area contributed by atoms with E-state index in [2.05, 4.69) is 18.8 Å². The molecule has 2 rings (SSSR count). The van der Waals surface area contributed by atoms with Gasteiger partial charge in [-0.15, -0.1) is 11.3 Å². The minimum atomic E-state index is 0.0819. The monoisotopic (exact) mass is 289 g/mol. The Morgan fingerprint density at radius 2 is 2.15 bits per heavy atom. The van der Waals surface area contributed by atoms with Gasteiger partial charge in [0.15, 0.2) is 5.78 Å². The third-order valence-electron chi connectivity index (χ3n) is 2.91. The maximum absolute atomic E-state index is 11.7. The number of ketones is 1. The second kappa shape index (κ2) is 6.18. The molecule has 0 aliphatic rings. The lowest BCUT2D eigenvalue weighted by Crippen LogP contribution is -1.97. The van der Waals surface area contributed by atoms with Crippen LogP contribution in [0, 0.1) is 0 Å². The van der Waals surface area contributed by atoms with E-state index >= 15 is 0 Å². The molecule has 0 fully saturated rings. The van der Waals surface area contributed by atoms with Crippen LogP contribution in [-0.4, -0.2) is 17.4 Å². The van der Waals surface area contributed by atoms with Crippen molar-refractivity contribution in [3.05, 3.63) is 34.8 Å². The number of rotatable bonds is 5. The average molecular weight is 289 g/mol. The van der Waals surface area contributed by atoms with Gasteiger partial charge in [0.05, 0.1) is 17.2 Å². The Labute approximate surface area is 123 Å². The molecule has 1 heterocycles. The number of ether oxygens (including phenoxy) is 1. The van der Waals surface area contributed by atoms with Gasteiger partial charge >= 0.3 is 0 Å². The quantitative estimate of drug-likeness (QED) is 0.759. The zero-order valence-corrected chi connectivity index (χ0v) is 13.1. The summed E-state index contributed by atoms with van der Waals surface area (Å²) in [5.41, 5.74) is 1.88. The van der Waals surface area contributed by atoms with Crippen molar-refractivity contribution >= 4 is 17.1 Å². The number of benzene rings is 1. The highest BCUT2D eigenvalue weighted by atomic mass is 32.1. The SMILES string of the molecule is CCOc1cccc(-c2nc(C(C)C)c(C(C)=O)s2)c1. The van der Waals surface area contributed by atoms with Crippen LogP contribution in [0.1, 0.15) is 49.0 Å². The minimum absolute atomic E-state index is 0.0819. The van der Waals surface area contributed by atoms with E-state index in [1.54, 1.807) is 6.92 Å². The second-order valence-corrected chi connectivity index (χ2v) is 5.90. The average Bonchev–Trinajstić information content (AvgIpc) is 2.85. The number of nitrogens with zero attached hydrogens (tertiary/aromatic N) is 1. The van der Waals surface area contributed by atoms with Gasteiger partial charge in [0.2, 0.25) is 0 Å². The van der Waals surface area contributed by atoms with Crippen molar-refractivity contribution < 1.29 is 9.53 Å². The molecule has 0 amide bonds. The van der Waals surface area contributed by atoms with Crippen molar-refractivity contribution in [2.75, 3.05) is 6.61 Å². The Morgan fingerprint density at radius 1 is 1.40 bits per heavy atom. The predicted octanol–water partition coefficient (Wildman–Crippen LogP) is 4.53. The van der Waals surface area contributed by atoms with Crippen LogP contribution in [0.25, 0.3) is 10.6 Å². The summed E-state index contributed by atoms with van der Waals surface area (Å²) in [4.78, 5) is 17.1. The van der Waals surface area contributed by atoms with E-state index in [4.69, 9.17) is 4.74 Å². The van der Waals surface area contributed by atoms with Crippen LogP contribution < -0.4 is 4.74 Å². The van der Waals surface area contributed by atoms with E-state index in [1.807, 2.05) is 31.2 Å². The van der Waals surface area contributed by atoms with Crippen LogP contribution in [0.15, 0.2) is 24.3 Å². The lowest BCUT2D eigenvalue weighted by molar-refractivity contribution is 0.102. The number of aromatic nitrogens is 1. The molecule has 1 aromatic carbocycles. The fraction of sp³-hybridized carbons (Fsp3) is 0.375. The molecule has 0 bridgehead atoms. The van der Waals surface area contributed by atoms with Crippen molar-refractivity contribution in [3.8, 4) is 16.3 Å². The highest BCUT2D eigenvalue weighted by Gasteiger charge is 2.18. The summed E-state index contributed by atoms with van der Waals surface area (Å²) < 4.78 is 5.51. The first kappa shape index (κ1) is 14.7. The van der Waals surface area contributed by atoms with Gasteiger partial charge in [-0.2, -0.15) is 0 Å². The molecule has 0 aliphatic heterocycles. The third-order valence-corrected chi connectivity index (χ3v) is 4.13. The molecule has 0 unspecified atom stereocenters. The molecule has 0 saturated heterocycles. The molecule has 0 atom stereocenters. The fourth-order valence-corrected chi connectivity index (χ4v) is 3.10. The van der Waals surface area contributed by atoms with Crippen molar-refractivity contribution in [1.82, 2.24) is 4.98 Å². The van der Waals surface area contributed by atoms with Crippen LogP contribution in [0.2, 0.25) is 0 Å². The normalized spacial score (nSPS) is 10.8. The van der Waals surface area contributed by atoms with Gasteiger partial charge in [-0.05, 0) is 25.0 Å². The summed E-state index contributed by atoms with van der Waals surface area (Å²) >= 11 is 1.46. The predicted molar refractivity (Wildman–Crippen MR) is 82.8 cm³/mol. The number of thiazole rings is 1. The number of hydrogen-bond donors (Lipinski definition) is 0. The summed E-state index contributed by atoms with van der Waals surface area (Å²) in [7, 11) is 0. The molecule has 4 heteroatoms.